The summed E-state index contributed by atoms with van der Waals surface area (Å²) in [5, 5.41) is 13.3. The molecule has 0 heterocycles. The van der Waals surface area contributed by atoms with Crippen molar-refractivity contribution in [2.24, 2.45) is 5.41 Å². The Kier molecular flexibility index (Phi) is 5.88. The number of hydrogen-bond acceptors (Lipinski definition) is 4. The summed E-state index contributed by atoms with van der Waals surface area (Å²) >= 11 is 0. The Hall–Kier alpha value is -1.26. The number of ether oxygens (including phenoxy) is 2. The lowest BCUT2D eigenvalue weighted by Crippen LogP contribution is -2.42. The molecular weight excluding hydrogens is 266 g/mol. The molecule has 0 radical (unpaired) electrons. The molecule has 0 aromatic heterocycles. The quantitative estimate of drug-likeness (QED) is 0.735. The topological polar surface area (TPSA) is 50.7 Å². The van der Waals surface area contributed by atoms with E-state index in [1.165, 1.54) is 25.7 Å². The zero-order valence-corrected chi connectivity index (χ0v) is 13.1. The molecule has 1 atom stereocenters. The second-order valence-electron chi connectivity index (χ2n) is 5.98. The number of aliphatic hydroxyl groups is 1. The normalized spacial score (nSPS) is 17.9. The predicted molar refractivity (Wildman–Crippen MR) is 83.9 cm³/mol. The molecule has 0 saturated heterocycles. The average molecular weight is 293 g/mol. The van der Waals surface area contributed by atoms with Crippen LogP contribution in [0.2, 0.25) is 0 Å². The molecule has 4 heteroatoms. The predicted octanol–water partition coefficient (Wildman–Crippen LogP) is 2.60. The molecule has 1 unspecified atom stereocenters. The van der Waals surface area contributed by atoms with Crippen LogP contribution in [0, 0.1) is 5.41 Å². The van der Waals surface area contributed by atoms with E-state index in [-0.39, 0.29) is 0 Å². The van der Waals surface area contributed by atoms with Crippen LogP contribution < -0.4 is 14.8 Å². The van der Waals surface area contributed by atoms with Crippen molar-refractivity contribution >= 4 is 0 Å². The molecule has 0 amide bonds. The Morgan fingerprint density at radius 1 is 1.24 bits per heavy atom. The molecule has 1 aromatic carbocycles. The van der Waals surface area contributed by atoms with Crippen LogP contribution >= 0.6 is 0 Å². The van der Waals surface area contributed by atoms with Gasteiger partial charge in [0.15, 0.2) is 0 Å². The van der Waals surface area contributed by atoms with E-state index in [9.17, 15) is 5.11 Å². The van der Waals surface area contributed by atoms with Gasteiger partial charge >= 0.3 is 0 Å². The molecule has 21 heavy (non-hydrogen) atoms. The van der Waals surface area contributed by atoms with Gasteiger partial charge in [-0.05, 0) is 48.9 Å². The minimum absolute atomic E-state index is 0.304. The molecule has 0 spiro atoms. The summed E-state index contributed by atoms with van der Waals surface area (Å²) in [7, 11) is 1.64. The third-order valence-corrected chi connectivity index (χ3v) is 4.55. The Labute approximate surface area is 127 Å². The van der Waals surface area contributed by atoms with E-state index in [1.54, 1.807) is 7.11 Å². The van der Waals surface area contributed by atoms with Gasteiger partial charge in [-0.25, -0.2) is 0 Å². The van der Waals surface area contributed by atoms with E-state index in [1.807, 2.05) is 24.3 Å². The minimum atomic E-state index is -0.485. The van der Waals surface area contributed by atoms with Crippen molar-refractivity contribution < 1.29 is 14.6 Å². The molecule has 118 valence electrons. The Morgan fingerprint density at radius 2 is 1.90 bits per heavy atom. The average Bonchev–Trinajstić information content (AvgIpc) is 2.48. The van der Waals surface area contributed by atoms with Crippen LogP contribution in [0.3, 0.4) is 0 Å². The van der Waals surface area contributed by atoms with Gasteiger partial charge in [-0.3, -0.25) is 0 Å². The van der Waals surface area contributed by atoms with Gasteiger partial charge in [0.2, 0.25) is 0 Å². The van der Waals surface area contributed by atoms with Gasteiger partial charge in [-0.2, -0.15) is 0 Å². The summed E-state index contributed by atoms with van der Waals surface area (Å²) in [6.45, 7) is 4.14. The van der Waals surface area contributed by atoms with Gasteiger partial charge in [0.05, 0.1) is 7.11 Å². The van der Waals surface area contributed by atoms with Gasteiger partial charge in [-0.15, -0.1) is 0 Å². The molecule has 2 rings (SSSR count). The zero-order chi connectivity index (χ0) is 15.1. The molecule has 1 saturated carbocycles. The van der Waals surface area contributed by atoms with E-state index < -0.39 is 6.10 Å². The van der Waals surface area contributed by atoms with Crippen LogP contribution in [0.1, 0.15) is 32.6 Å². The van der Waals surface area contributed by atoms with Gasteiger partial charge in [0.25, 0.3) is 0 Å². The Morgan fingerprint density at radius 3 is 2.43 bits per heavy atom. The highest BCUT2D eigenvalue weighted by Gasteiger charge is 2.34. The Balaban J connectivity index is 1.63. The van der Waals surface area contributed by atoms with Crippen molar-refractivity contribution in [1.82, 2.24) is 5.32 Å². The molecule has 1 aromatic rings. The van der Waals surface area contributed by atoms with E-state index in [0.717, 1.165) is 18.0 Å². The molecular formula is C17H27NO3. The molecule has 1 fully saturated rings. The van der Waals surface area contributed by atoms with Crippen LogP contribution in [-0.4, -0.2) is 38.0 Å². The summed E-state index contributed by atoms with van der Waals surface area (Å²) in [5.41, 5.74) is 0.483. The molecule has 1 aliphatic carbocycles. The van der Waals surface area contributed by atoms with Crippen molar-refractivity contribution in [2.45, 2.75) is 38.7 Å². The molecule has 2 N–H and O–H groups in total. The fraction of sp³-hybridized carbons (Fsp3) is 0.647. The first kappa shape index (κ1) is 16.1. The van der Waals surface area contributed by atoms with Gasteiger partial charge in [0.1, 0.15) is 24.2 Å². The second-order valence-corrected chi connectivity index (χ2v) is 5.98. The summed E-state index contributed by atoms with van der Waals surface area (Å²) in [4.78, 5) is 0. The lowest BCUT2D eigenvalue weighted by atomic mass is 9.67. The first-order chi connectivity index (χ1) is 10.2. The lowest BCUT2D eigenvalue weighted by Gasteiger charge is -2.41. The first-order valence-corrected chi connectivity index (χ1v) is 7.83. The van der Waals surface area contributed by atoms with Crippen molar-refractivity contribution in [2.75, 3.05) is 26.8 Å². The van der Waals surface area contributed by atoms with Crippen molar-refractivity contribution in [1.29, 1.82) is 0 Å². The maximum Gasteiger partial charge on any atom is 0.119 e. The van der Waals surface area contributed by atoms with E-state index in [4.69, 9.17) is 9.47 Å². The second kappa shape index (κ2) is 7.66. The number of benzene rings is 1. The van der Waals surface area contributed by atoms with Crippen LogP contribution in [0.5, 0.6) is 11.5 Å². The van der Waals surface area contributed by atoms with Crippen molar-refractivity contribution in [3.8, 4) is 11.5 Å². The molecule has 4 nitrogen and oxygen atoms in total. The maximum absolute atomic E-state index is 9.96. The fourth-order valence-corrected chi connectivity index (χ4v) is 2.76. The molecule has 1 aliphatic rings. The SMILES string of the molecule is CCC1(CNCC(O)COc2ccc(OC)cc2)CCC1. The van der Waals surface area contributed by atoms with Gasteiger partial charge < -0.3 is 19.9 Å². The fourth-order valence-electron chi connectivity index (χ4n) is 2.76. The largest absolute Gasteiger partial charge is 0.497 e. The first-order valence-electron chi connectivity index (χ1n) is 7.83. The third kappa shape index (κ3) is 4.61. The lowest BCUT2D eigenvalue weighted by molar-refractivity contribution is 0.0869. The third-order valence-electron chi connectivity index (χ3n) is 4.55. The number of nitrogens with one attached hydrogen (secondary N) is 1. The summed E-state index contributed by atoms with van der Waals surface area (Å²) < 4.78 is 10.7. The van der Waals surface area contributed by atoms with Crippen LogP contribution in [0.15, 0.2) is 24.3 Å². The summed E-state index contributed by atoms with van der Waals surface area (Å²) in [6, 6.07) is 7.39. The number of rotatable bonds is 9. The van der Waals surface area contributed by atoms with Crippen LogP contribution in [0.25, 0.3) is 0 Å². The highest BCUT2D eigenvalue weighted by molar-refractivity contribution is 5.31. The monoisotopic (exact) mass is 293 g/mol. The molecule has 0 bridgehead atoms. The molecule has 0 aliphatic heterocycles. The van der Waals surface area contributed by atoms with E-state index in [2.05, 4.69) is 12.2 Å². The highest BCUT2D eigenvalue weighted by Crippen LogP contribution is 2.42. The minimum Gasteiger partial charge on any atom is -0.497 e. The van der Waals surface area contributed by atoms with Crippen LogP contribution in [-0.2, 0) is 0 Å². The Bertz CT molecular complexity index is 409. The van der Waals surface area contributed by atoms with Crippen molar-refractivity contribution in [3.63, 3.8) is 0 Å². The zero-order valence-electron chi connectivity index (χ0n) is 13.1. The van der Waals surface area contributed by atoms with E-state index >= 15 is 0 Å². The highest BCUT2D eigenvalue weighted by atomic mass is 16.5. The van der Waals surface area contributed by atoms with E-state index in [0.29, 0.717) is 18.6 Å². The maximum atomic E-state index is 9.96. The van der Waals surface area contributed by atoms with Crippen molar-refractivity contribution in [3.05, 3.63) is 24.3 Å². The van der Waals surface area contributed by atoms with Gasteiger partial charge in [-0.1, -0.05) is 13.3 Å². The number of hydrogen-bond donors (Lipinski definition) is 2. The smallest absolute Gasteiger partial charge is 0.119 e. The summed E-state index contributed by atoms with van der Waals surface area (Å²) in [6.07, 6.45) is 4.71. The van der Waals surface area contributed by atoms with Gasteiger partial charge in [0, 0.05) is 13.1 Å². The van der Waals surface area contributed by atoms with Crippen LogP contribution in [0.4, 0.5) is 0 Å². The number of methoxy groups -OCH3 is 1. The number of aliphatic hydroxyl groups excluding tert-OH is 1. The standard InChI is InChI=1S/C17H27NO3/c1-3-17(9-4-10-17)13-18-11-14(19)12-21-16-7-5-15(20-2)6-8-16/h5-8,14,18-19H,3-4,9-13H2,1-2H3. The summed E-state index contributed by atoms with van der Waals surface area (Å²) in [5.74, 6) is 1.55.